The van der Waals surface area contributed by atoms with Crippen LogP contribution in [0.2, 0.25) is 0 Å². The highest BCUT2D eigenvalue weighted by atomic mass is 19.1. The van der Waals surface area contributed by atoms with Crippen molar-refractivity contribution in [2.45, 2.75) is 20.4 Å². The molecule has 3 nitrogen and oxygen atoms in total. The summed E-state index contributed by atoms with van der Waals surface area (Å²) < 4.78 is 15.4. The smallest absolute Gasteiger partial charge is 0.143 e. The van der Waals surface area contributed by atoms with E-state index >= 15 is 0 Å². The fourth-order valence-corrected chi connectivity index (χ4v) is 2.49. The van der Waals surface area contributed by atoms with Gasteiger partial charge in [-0.1, -0.05) is 11.6 Å². The molecule has 0 bridgehead atoms. The molecule has 0 fully saturated rings. The van der Waals surface area contributed by atoms with Crippen molar-refractivity contribution in [1.29, 1.82) is 0 Å². The molecular weight excluding hydrogens is 253 g/mol. The average Bonchev–Trinajstić information content (AvgIpc) is 2.78. The lowest BCUT2D eigenvalue weighted by Gasteiger charge is -2.09. The highest BCUT2D eigenvalue weighted by Crippen LogP contribution is 2.30. The van der Waals surface area contributed by atoms with E-state index in [-0.39, 0.29) is 5.82 Å². The van der Waals surface area contributed by atoms with Crippen molar-refractivity contribution in [2.24, 2.45) is 0 Å². The van der Waals surface area contributed by atoms with Crippen LogP contribution < -0.4 is 5.73 Å². The third-order valence-electron chi connectivity index (χ3n) is 3.48. The van der Waals surface area contributed by atoms with Crippen LogP contribution in [0.5, 0.6) is 0 Å². The topological polar surface area (TPSA) is 43.8 Å². The largest absolute Gasteiger partial charge is 0.398 e. The summed E-state index contributed by atoms with van der Waals surface area (Å²) >= 11 is 0. The van der Waals surface area contributed by atoms with Crippen LogP contribution in [0.4, 0.5) is 10.1 Å². The van der Waals surface area contributed by atoms with Gasteiger partial charge in [-0.15, -0.1) is 0 Å². The van der Waals surface area contributed by atoms with E-state index in [0.29, 0.717) is 11.2 Å². The van der Waals surface area contributed by atoms with E-state index in [2.05, 4.69) is 9.55 Å². The molecular formula is C16H16FN3. The van der Waals surface area contributed by atoms with Gasteiger partial charge in [-0.2, -0.15) is 0 Å². The van der Waals surface area contributed by atoms with Crippen LogP contribution in [0, 0.1) is 12.7 Å². The molecule has 0 spiro atoms. The number of aryl methyl sites for hydroxylation is 2. The van der Waals surface area contributed by atoms with Crippen molar-refractivity contribution < 1.29 is 4.39 Å². The summed E-state index contributed by atoms with van der Waals surface area (Å²) in [5.41, 5.74) is 10.3. The molecule has 2 N–H and O–H groups in total. The molecule has 1 aromatic heterocycles. The molecule has 3 aromatic rings. The van der Waals surface area contributed by atoms with Crippen LogP contribution in [0.3, 0.4) is 0 Å². The Kier molecular flexibility index (Phi) is 2.93. The highest BCUT2D eigenvalue weighted by Gasteiger charge is 2.14. The Labute approximate surface area is 116 Å². The van der Waals surface area contributed by atoms with E-state index in [1.165, 1.54) is 12.1 Å². The molecule has 0 atom stereocenters. The number of benzene rings is 2. The van der Waals surface area contributed by atoms with Crippen molar-refractivity contribution in [2.75, 3.05) is 5.73 Å². The van der Waals surface area contributed by atoms with Crippen LogP contribution in [-0.2, 0) is 6.54 Å². The highest BCUT2D eigenvalue weighted by molar-refractivity contribution is 5.83. The van der Waals surface area contributed by atoms with Gasteiger partial charge in [0.05, 0.1) is 11.0 Å². The lowest BCUT2D eigenvalue weighted by atomic mass is 10.1. The van der Waals surface area contributed by atoms with Crippen molar-refractivity contribution in [3.63, 3.8) is 0 Å². The predicted octanol–water partition coefficient (Wildman–Crippen LogP) is 3.75. The fraction of sp³-hybridized carbons (Fsp3) is 0.188. The van der Waals surface area contributed by atoms with E-state index < -0.39 is 0 Å². The third-order valence-corrected chi connectivity index (χ3v) is 3.48. The van der Waals surface area contributed by atoms with Gasteiger partial charge in [0.1, 0.15) is 11.6 Å². The summed E-state index contributed by atoms with van der Waals surface area (Å²) in [6, 6.07) is 10.5. The Morgan fingerprint density at radius 2 is 2.00 bits per heavy atom. The number of aromatic nitrogens is 2. The summed E-state index contributed by atoms with van der Waals surface area (Å²) in [4.78, 5) is 4.56. The fourth-order valence-electron chi connectivity index (χ4n) is 2.49. The maximum atomic E-state index is 13.4. The monoisotopic (exact) mass is 269 g/mol. The SMILES string of the molecule is CCn1c(-c2cc(C)ccc2N)nc2cc(F)ccc21. The zero-order chi connectivity index (χ0) is 14.3. The second kappa shape index (κ2) is 4.63. The minimum Gasteiger partial charge on any atom is -0.398 e. The molecule has 0 unspecified atom stereocenters. The van der Waals surface area contributed by atoms with Crippen molar-refractivity contribution in [1.82, 2.24) is 9.55 Å². The Morgan fingerprint density at radius 1 is 1.20 bits per heavy atom. The maximum Gasteiger partial charge on any atom is 0.143 e. The third kappa shape index (κ3) is 1.93. The number of fused-ring (bicyclic) bond motifs is 1. The van der Waals surface area contributed by atoms with E-state index in [0.717, 1.165) is 29.0 Å². The van der Waals surface area contributed by atoms with E-state index in [1.54, 1.807) is 6.07 Å². The van der Waals surface area contributed by atoms with Crippen molar-refractivity contribution in [3.8, 4) is 11.4 Å². The molecule has 0 aliphatic carbocycles. The number of nitrogens with zero attached hydrogens (tertiary/aromatic N) is 2. The number of nitrogens with two attached hydrogens (primary N) is 1. The van der Waals surface area contributed by atoms with Gasteiger partial charge in [0.25, 0.3) is 0 Å². The van der Waals surface area contributed by atoms with E-state index in [4.69, 9.17) is 5.73 Å². The van der Waals surface area contributed by atoms with Crippen LogP contribution in [0.25, 0.3) is 22.4 Å². The lowest BCUT2D eigenvalue weighted by Crippen LogP contribution is -2.00. The Morgan fingerprint density at radius 3 is 2.75 bits per heavy atom. The van der Waals surface area contributed by atoms with Gasteiger partial charge < -0.3 is 10.3 Å². The van der Waals surface area contributed by atoms with Gasteiger partial charge >= 0.3 is 0 Å². The predicted molar refractivity (Wildman–Crippen MR) is 80.0 cm³/mol. The molecule has 0 aliphatic heterocycles. The van der Waals surface area contributed by atoms with Crippen LogP contribution in [0.1, 0.15) is 12.5 Å². The van der Waals surface area contributed by atoms with Crippen molar-refractivity contribution in [3.05, 3.63) is 47.8 Å². The molecule has 3 rings (SSSR count). The summed E-state index contributed by atoms with van der Waals surface area (Å²) in [6.45, 7) is 4.81. The van der Waals surface area contributed by atoms with Gasteiger partial charge in [0.2, 0.25) is 0 Å². The quantitative estimate of drug-likeness (QED) is 0.720. The zero-order valence-corrected chi connectivity index (χ0v) is 11.5. The molecule has 0 saturated carbocycles. The van der Waals surface area contributed by atoms with Crippen LogP contribution >= 0.6 is 0 Å². The first-order valence-electron chi connectivity index (χ1n) is 6.62. The normalized spacial score (nSPS) is 11.2. The number of hydrogen-bond acceptors (Lipinski definition) is 2. The maximum absolute atomic E-state index is 13.4. The van der Waals surface area contributed by atoms with Gasteiger partial charge in [-0.25, -0.2) is 9.37 Å². The molecule has 0 radical (unpaired) electrons. The molecule has 4 heteroatoms. The molecule has 0 amide bonds. The summed E-state index contributed by atoms with van der Waals surface area (Å²) in [5.74, 6) is 0.510. The number of rotatable bonds is 2. The number of nitrogen functional groups attached to an aromatic ring is 1. The van der Waals surface area contributed by atoms with Gasteiger partial charge in [0.15, 0.2) is 0 Å². The van der Waals surface area contributed by atoms with Gasteiger partial charge in [-0.3, -0.25) is 0 Å². The second-order valence-corrected chi connectivity index (χ2v) is 4.90. The zero-order valence-electron chi connectivity index (χ0n) is 11.5. The standard InChI is InChI=1S/C16H16FN3/c1-3-20-15-7-5-11(17)9-14(15)19-16(20)12-8-10(2)4-6-13(12)18/h4-9H,3,18H2,1-2H3. The Balaban J connectivity index is 2.32. The Bertz CT molecular complexity index is 790. The lowest BCUT2D eigenvalue weighted by molar-refractivity contribution is 0.629. The summed E-state index contributed by atoms with van der Waals surface area (Å²) in [7, 11) is 0. The summed E-state index contributed by atoms with van der Waals surface area (Å²) in [5, 5.41) is 0. The second-order valence-electron chi connectivity index (χ2n) is 4.90. The first-order valence-corrected chi connectivity index (χ1v) is 6.62. The number of anilines is 1. The number of halogens is 1. The van der Waals surface area contributed by atoms with Crippen LogP contribution in [0.15, 0.2) is 36.4 Å². The molecule has 20 heavy (non-hydrogen) atoms. The minimum atomic E-state index is -0.276. The molecule has 2 aromatic carbocycles. The molecule has 1 heterocycles. The van der Waals surface area contributed by atoms with Gasteiger partial charge in [-0.05, 0) is 38.1 Å². The minimum absolute atomic E-state index is 0.276. The first-order chi connectivity index (χ1) is 9.60. The van der Waals surface area contributed by atoms with Crippen LogP contribution in [-0.4, -0.2) is 9.55 Å². The Hall–Kier alpha value is -2.36. The molecule has 0 saturated heterocycles. The van der Waals surface area contributed by atoms with E-state index in [1.807, 2.05) is 32.0 Å². The van der Waals surface area contributed by atoms with Crippen molar-refractivity contribution >= 4 is 16.7 Å². The number of hydrogen-bond donors (Lipinski definition) is 1. The van der Waals surface area contributed by atoms with E-state index in [9.17, 15) is 4.39 Å². The van der Waals surface area contributed by atoms with Gasteiger partial charge in [0, 0.05) is 23.9 Å². The number of imidazole rings is 1. The first kappa shape index (κ1) is 12.7. The molecule has 0 aliphatic rings. The molecule has 102 valence electrons. The summed E-state index contributed by atoms with van der Waals surface area (Å²) in [6.07, 6.45) is 0. The average molecular weight is 269 g/mol.